The molecule has 3 N–H and O–H groups in total. The number of esters is 1. The molecule has 1 aromatic carbocycles. The van der Waals surface area contributed by atoms with Crippen LogP contribution in [0.1, 0.15) is 10.5 Å². The summed E-state index contributed by atoms with van der Waals surface area (Å²) in [5.41, 5.74) is 6.57. The minimum absolute atomic E-state index is 0.385. The van der Waals surface area contributed by atoms with E-state index in [4.69, 9.17) is 15.2 Å². The molecule has 0 atom stereocenters. The van der Waals surface area contributed by atoms with Crippen molar-refractivity contribution in [3.05, 3.63) is 23.9 Å². The van der Waals surface area contributed by atoms with Crippen LogP contribution in [0.4, 0.5) is 0 Å². The van der Waals surface area contributed by atoms with Crippen LogP contribution in [0.25, 0.3) is 10.9 Å². The minimum Gasteiger partial charge on any atom is -0.493 e. The second-order valence-electron chi connectivity index (χ2n) is 3.90. The van der Waals surface area contributed by atoms with E-state index in [1.807, 2.05) is 0 Å². The number of hydrogen-bond donors (Lipinski definition) is 2. The molecule has 0 unspecified atom stereocenters. The van der Waals surface area contributed by atoms with Crippen molar-refractivity contribution >= 4 is 16.9 Å². The molecular weight excluding hydrogens is 248 g/mol. The molecule has 0 aliphatic rings. The Morgan fingerprint density at radius 3 is 2.68 bits per heavy atom. The number of benzene rings is 1. The van der Waals surface area contributed by atoms with Crippen LogP contribution in [0.3, 0.4) is 0 Å². The first-order valence-corrected chi connectivity index (χ1v) is 5.81. The highest BCUT2D eigenvalue weighted by Gasteiger charge is 2.13. The lowest BCUT2D eigenvalue weighted by Gasteiger charge is -2.09. The van der Waals surface area contributed by atoms with Crippen molar-refractivity contribution in [2.24, 2.45) is 5.73 Å². The number of hydrogen-bond acceptors (Lipinski definition) is 5. The molecule has 2 aromatic rings. The fourth-order valence-corrected chi connectivity index (χ4v) is 1.80. The number of aromatic nitrogens is 1. The molecule has 0 radical (unpaired) electrons. The Balaban J connectivity index is 2.44. The fraction of sp³-hybridized carbons (Fsp3) is 0.308. The van der Waals surface area contributed by atoms with Gasteiger partial charge in [-0.25, -0.2) is 4.79 Å². The maximum atomic E-state index is 11.5. The first-order valence-electron chi connectivity index (χ1n) is 5.81. The summed E-state index contributed by atoms with van der Waals surface area (Å²) >= 11 is 0. The molecule has 0 amide bonds. The van der Waals surface area contributed by atoms with Crippen LogP contribution in [0.15, 0.2) is 18.2 Å². The lowest BCUT2D eigenvalue weighted by Crippen LogP contribution is -2.11. The van der Waals surface area contributed by atoms with Gasteiger partial charge < -0.3 is 24.9 Å². The first-order chi connectivity index (χ1) is 9.19. The SMILES string of the molecule is COC(=O)c1cc2cc(OCCN)c(OC)cc2[nH]1. The van der Waals surface area contributed by atoms with Crippen LogP contribution in [-0.2, 0) is 4.74 Å². The number of rotatable bonds is 5. The average molecular weight is 264 g/mol. The van der Waals surface area contributed by atoms with E-state index >= 15 is 0 Å². The number of nitrogens with two attached hydrogens (primary N) is 1. The molecule has 1 heterocycles. The zero-order valence-corrected chi connectivity index (χ0v) is 10.9. The highest BCUT2D eigenvalue weighted by molar-refractivity contribution is 5.95. The number of carbonyl (C=O) groups is 1. The maximum absolute atomic E-state index is 11.5. The average Bonchev–Trinajstić information content (AvgIpc) is 2.85. The van der Waals surface area contributed by atoms with E-state index in [1.165, 1.54) is 7.11 Å². The Morgan fingerprint density at radius 1 is 1.26 bits per heavy atom. The Bertz CT molecular complexity index is 592. The highest BCUT2D eigenvalue weighted by atomic mass is 16.5. The highest BCUT2D eigenvalue weighted by Crippen LogP contribution is 2.32. The van der Waals surface area contributed by atoms with Crippen molar-refractivity contribution < 1.29 is 19.0 Å². The third kappa shape index (κ3) is 2.63. The van der Waals surface area contributed by atoms with Crippen LogP contribution in [0.5, 0.6) is 11.5 Å². The Morgan fingerprint density at radius 2 is 2.05 bits per heavy atom. The summed E-state index contributed by atoms with van der Waals surface area (Å²) in [6, 6.07) is 5.27. The summed E-state index contributed by atoms with van der Waals surface area (Å²) in [7, 11) is 2.89. The van der Waals surface area contributed by atoms with Crippen LogP contribution < -0.4 is 15.2 Å². The van der Waals surface area contributed by atoms with Gasteiger partial charge in [0.2, 0.25) is 0 Å². The molecule has 0 saturated carbocycles. The van der Waals surface area contributed by atoms with Crippen molar-refractivity contribution in [2.75, 3.05) is 27.4 Å². The Kier molecular flexibility index (Phi) is 3.91. The zero-order chi connectivity index (χ0) is 13.8. The summed E-state index contributed by atoms with van der Waals surface area (Å²) in [6.45, 7) is 0.817. The summed E-state index contributed by atoms with van der Waals surface area (Å²) in [6.07, 6.45) is 0. The largest absolute Gasteiger partial charge is 0.493 e. The number of fused-ring (bicyclic) bond motifs is 1. The predicted molar refractivity (Wildman–Crippen MR) is 70.7 cm³/mol. The third-order valence-electron chi connectivity index (χ3n) is 2.69. The molecule has 0 bridgehead atoms. The normalized spacial score (nSPS) is 10.5. The fourth-order valence-electron chi connectivity index (χ4n) is 1.80. The van der Waals surface area contributed by atoms with Gasteiger partial charge >= 0.3 is 5.97 Å². The smallest absolute Gasteiger partial charge is 0.354 e. The van der Waals surface area contributed by atoms with Crippen molar-refractivity contribution in [1.82, 2.24) is 4.98 Å². The van der Waals surface area contributed by atoms with Crippen molar-refractivity contribution in [2.45, 2.75) is 0 Å². The van der Waals surface area contributed by atoms with Gasteiger partial charge in [0.1, 0.15) is 12.3 Å². The van der Waals surface area contributed by atoms with Crippen LogP contribution in [0, 0.1) is 0 Å². The van der Waals surface area contributed by atoms with E-state index in [2.05, 4.69) is 9.72 Å². The third-order valence-corrected chi connectivity index (χ3v) is 2.69. The molecule has 102 valence electrons. The van der Waals surface area contributed by atoms with E-state index in [9.17, 15) is 4.79 Å². The van der Waals surface area contributed by atoms with E-state index in [1.54, 1.807) is 25.3 Å². The molecule has 19 heavy (non-hydrogen) atoms. The predicted octanol–water partition coefficient (Wildman–Crippen LogP) is 1.30. The lowest BCUT2D eigenvalue weighted by atomic mass is 10.2. The Labute approximate surface area is 110 Å². The number of nitrogens with one attached hydrogen (secondary N) is 1. The topological polar surface area (TPSA) is 86.6 Å². The molecule has 6 nitrogen and oxygen atoms in total. The van der Waals surface area contributed by atoms with E-state index in [-0.39, 0.29) is 0 Å². The lowest BCUT2D eigenvalue weighted by molar-refractivity contribution is 0.0595. The van der Waals surface area contributed by atoms with E-state index in [0.717, 1.165) is 10.9 Å². The number of H-pyrrole nitrogens is 1. The summed E-state index contributed by atoms with van der Waals surface area (Å²) in [4.78, 5) is 14.4. The number of carbonyl (C=O) groups excluding carboxylic acids is 1. The van der Waals surface area contributed by atoms with Crippen LogP contribution in [-0.4, -0.2) is 38.3 Å². The van der Waals surface area contributed by atoms with Gasteiger partial charge in [-0.15, -0.1) is 0 Å². The van der Waals surface area contributed by atoms with E-state index < -0.39 is 5.97 Å². The summed E-state index contributed by atoms with van der Waals surface area (Å²) in [5, 5.41) is 0.841. The molecule has 2 rings (SSSR count). The van der Waals surface area contributed by atoms with Crippen LogP contribution in [0.2, 0.25) is 0 Å². The standard InChI is InChI=1S/C13H16N2O4/c1-17-11-7-9-8(6-12(11)19-4-3-14)5-10(15-9)13(16)18-2/h5-7,15H,3-4,14H2,1-2H3. The molecule has 6 heteroatoms. The Hall–Kier alpha value is -2.21. The van der Waals surface area contributed by atoms with Crippen LogP contribution >= 0.6 is 0 Å². The molecule has 0 saturated heterocycles. The van der Waals surface area contributed by atoms with Gasteiger partial charge in [0.15, 0.2) is 11.5 Å². The van der Waals surface area contributed by atoms with Gasteiger partial charge in [-0.05, 0) is 12.1 Å². The van der Waals surface area contributed by atoms with Crippen molar-refractivity contribution in [3.63, 3.8) is 0 Å². The van der Waals surface area contributed by atoms with E-state index in [0.29, 0.717) is 30.3 Å². The second-order valence-corrected chi connectivity index (χ2v) is 3.90. The van der Waals surface area contributed by atoms with Crippen molar-refractivity contribution in [1.29, 1.82) is 0 Å². The van der Waals surface area contributed by atoms with Crippen molar-refractivity contribution in [3.8, 4) is 11.5 Å². The number of ether oxygens (including phenoxy) is 3. The molecular formula is C13H16N2O4. The summed E-state index contributed by atoms with van der Waals surface area (Å²) < 4.78 is 15.4. The van der Waals surface area contributed by atoms with Gasteiger partial charge in [0.25, 0.3) is 0 Å². The van der Waals surface area contributed by atoms with Gasteiger partial charge in [-0.1, -0.05) is 0 Å². The summed E-state index contributed by atoms with van der Waals surface area (Å²) in [5.74, 6) is 0.759. The van der Waals surface area contributed by atoms with Gasteiger partial charge in [0.05, 0.1) is 19.7 Å². The quantitative estimate of drug-likeness (QED) is 0.795. The van der Waals surface area contributed by atoms with Gasteiger partial charge in [-0.2, -0.15) is 0 Å². The molecule has 0 spiro atoms. The maximum Gasteiger partial charge on any atom is 0.354 e. The molecule has 1 aromatic heterocycles. The van der Waals surface area contributed by atoms with Gasteiger partial charge in [0, 0.05) is 18.0 Å². The number of aromatic amines is 1. The molecule has 0 aliphatic heterocycles. The molecule has 0 aliphatic carbocycles. The monoisotopic (exact) mass is 264 g/mol. The number of methoxy groups -OCH3 is 2. The first kappa shape index (κ1) is 13.2. The minimum atomic E-state index is -0.417. The zero-order valence-electron chi connectivity index (χ0n) is 10.9. The van der Waals surface area contributed by atoms with Gasteiger partial charge in [-0.3, -0.25) is 0 Å². The second kappa shape index (κ2) is 5.62. The molecule has 0 fully saturated rings.